The van der Waals surface area contributed by atoms with Gasteiger partial charge in [-0.15, -0.1) is 0 Å². The Bertz CT molecular complexity index is 2050. The molecule has 20 heteroatoms. The third-order valence-corrected chi connectivity index (χ3v) is 11.1. The number of nitrogens with two attached hydrogens (primary N) is 3. The molecule has 0 radical (unpaired) electrons. The molecule has 1 aromatic heterocycles. The lowest BCUT2D eigenvalue weighted by Gasteiger charge is -2.30. The second kappa shape index (κ2) is 23.9. The van der Waals surface area contributed by atoms with Crippen LogP contribution >= 0.6 is 11.8 Å². The summed E-state index contributed by atoms with van der Waals surface area (Å²) in [7, 11) is 0. The molecule has 8 amide bonds. The first-order valence-corrected chi connectivity index (χ1v) is 21.9. The third-order valence-electron chi connectivity index (χ3n) is 10.5. The average molecular weight is 878 g/mol. The normalized spacial score (nSPS) is 16.1. The molecule has 2 heterocycles. The van der Waals surface area contributed by atoms with Crippen LogP contribution in [0.15, 0.2) is 60.8 Å². The second-order valence-corrected chi connectivity index (χ2v) is 16.6. The van der Waals surface area contributed by atoms with E-state index in [1.807, 2.05) is 44.4 Å². The smallest absolute Gasteiger partial charge is 0.256 e. The maximum atomic E-state index is 14.4. The lowest BCUT2D eigenvalue weighted by atomic mass is 10.0. The number of nitrogens with zero attached hydrogens (tertiary/aromatic N) is 1. The largest absolute Gasteiger partial charge is 0.370 e. The summed E-state index contributed by atoms with van der Waals surface area (Å²) in [6.07, 6.45) is 3.89. The number of nitrogens with one attached hydrogen (secondary N) is 7. The molecule has 6 atom stereocenters. The van der Waals surface area contributed by atoms with Crippen LogP contribution in [0.2, 0.25) is 0 Å². The molecule has 13 N–H and O–H groups in total. The highest BCUT2D eigenvalue weighted by atomic mass is 32.2. The Morgan fingerprint density at radius 3 is 2.08 bits per heavy atom. The Labute approximate surface area is 364 Å². The maximum Gasteiger partial charge on any atom is 0.256 e. The van der Waals surface area contributed by atoms with Gasteiger partial charge in [0, 0.05) is 42.9 Å². The van der Waals surface area contributed by atoms with Crippen molar-refractivity contribution in [2.45, 2.75) is 95.0 Å². The van der Waals surface area contributed by atoms with Crippen molar-refractivity contribution in [3.63, 3.8) is 0 Å². The van der Waals surface area contributed by atoms with Crippen molar-refractivity contribution in [2.24, 2.45) is 23.2 Å². The van der Waals surface area contributed by atoms with Gasteiger partial charge in [0.05, 0.1) is 6.54 Å². The van der Waals surface area contributed by atoms with Gasteiger partial charge in [-0.2, -0.15) is 11.8 Å². The molecule has 4 rings (SSSR count). The zero-order chi connectivity index (χ0) is 45.3. The van der Waals surface area contributed by atoms with E-state index in [0.717, 1.165) is 10.9 Å². The Balaban J connectivity index is 1.59. The van der Waals surface area contributed by atoms with Crippen LogP contribution in [0.1, 0.15) is 57.1 Å². The van der Waals surface area contributed by atoms with E-state index in [4.69, 9.17) is 17.3 Å². The predicted octanol–water partition coefficient (Wildman–Crippen LogP) is -1.01. The van der Waals surface area contributed by atoms with Crippen molar-refractivity contribution >= 4 is 69.9 Å². The number of primary amides is 1. The zero-order valence-electron chi connectivity index (χ0n) is 35.2. The van der Waals surface area contributed by atoms with Gasteiger partial charge in [-0.05, 0) is 60.8 Å². The van der Waals surface area contributed by atoms with Gasteiger partial charge in [0.25, 0.3) is 5.91 Å². The summed E-state index contributed by atoms with van der Waals surface area (Å²) in [5.74, 6) is 0.770. The number of para-hydroxylation sites is 1. The van der Waals surface area contributed by atoms with Crippen molar-refractivity contribution in [1.29, 1.82) is 0 Å². The topological polar surface area (TPSA) is 306 Å². The molecule has 0 saturated carbocycles. The first-order valence-electron chi connectivity index (χ1n) is 20.5. The van der Waals surface area contributed by atoms with Crippen LogP contribution in [0, 0.1) is 5.92 Å². The third kappa shape index (κ3) is 14.0. The van der Waals surface area contributed by atoms with Gasteiger partial charge in [-0.25, -0.2) is 5.84 Å². The zero-order valence-corrected chi connectivity index (χ0v) is 36.1. The van der Waals surface area contributed by atoms with Gasteiger partial charge in [-0.1, -0.05) is 62.4 Å². The average Bonchev–Trinajstić information content (AvgIpc) is 3.83. The lowest BCUT2D eigenvalue weighted by Crippen LogP contribution is -2.59. The molecule has 19 nitrogen and oxygen atoms in total. The van der Waals surface area contributed by atoms with Gasteiger partial charge in [0.15, 0.2) is 0 Å². The van der Waals surface area contributed by atoms with E-state index in [1.165, 1.54) is 16.7 Å². The molecule has 0 unspecified atom stereocenters. The molecule has 0 aliphatic carbocycles. The van der Waals surface area contributed by atoms with Crippen LogP contribution in [0.5, 0.6) is 0 Å². The number of thioether (sulfide) groups is 1. The summed E-state index contributed by atoms with van der Waals surface area (Å²) in [5.41, 5.74) is 15.0. The van der Waals surface area contributed by atoms with Gasteiger partial charge in [0.1, 0.15) is 36.3 Å². The number of hydrogen-bond acceptors (Lipinski definition) is 11. The molecule has 1 saturated heterocycles. The minimum atomic E-state index is -1.31. The number of aromatic nitrogens is 1. The molecule has 62 heavy (non-hydrogen) atoms. The van der Waals surface area contributed by atoms with Crippen molar-refractivity contribution < 1.29 is 38.4 Å². The van der Waals surface area contributed by atoms with Crippen LogP contribution in [0.4, 0.5) is 0 Å². The number of benzene rings is 2. The summed E-state index contributed by atoms with van der Waals surface area (Å²) in [6.45, 7) is 3.51. The first-order chi connectivity index (χ1) is 29.6. The maximum absolute atomic E-state index is 14.4. The van der Waals surface area contributed by atoms with Crippen LogP contribution < -0.4 is 49.3 Å². The molecule has 336 valence electrons. The molecule has 1 fully saturated rings. The summed E-state index contributed by atoms with van der Waals surface area (Å²) in [4.78, 5) is 111. The fraction of sp³-hybridized carbons (Fsp3) is 0.476. The van der Waals surface area contributed by atoms with Gasteiger partial charge in [0.2, 0.25) is 41.4 Å². The van der Waals surface area contributed by atoms with E-state index in [-0.39, 0.29) is 51.0 Å². The number of aromatic amines is 1. The van der Waals surface area contributed by atoms with E-state index >= 15 is 0 Å². The van der Waals surface area contributed by atoms with Crippen molar-refractivity contribution in [2.75, 3.05) is 25.1 Å². The van der Waals surface area contributed by atoms with E-state index in [9.17, 15) is 38.4 Å². The number of carbonyl (C=O) groups is 8. The Morgan fingerprint density at radius 2 is 1.44 bits per heavy atom. The molecular weight excluding hydrogens is 819 g/mol. The number of amides is 8. The standard InChI is InChI=1S/C42H59N11O8S/c1-24(2)19-34(41(60)48-30(16-18-62-3)40(59)52-45)53-17-15-31(42(53)61)49-38(57)32(20-25-9-5-4-6-10-25)50-39(58)33(21-26-23-46-28-12-8-7-11-27(26)28)51-37(56)29(13-14-35(44)54)47-36(55)22-43/h4-12,23-24,29-34,46H,13-22,43,45H2,1-3H3,(H2,44,54)(H,47,55)(H,48,60)(H,49,57)(H,50,58)(H,51,56)(H,52,59)/t29-,30-,31+,32-,33+,34+/m0/s1. The van der Waals surface area contributed by atoms with Crippen LogP contribution in [-0.2, 0) is 51.2 Å². The van der Waals surface area contributed by atoms with E-state index in [2.05, 4.69) is 37.0 Å². The Morgan fingerprint density at radius 1 is 0.806 bits per heavy atom. The number of rotatable bonds is 24. The van der Waals surface area contributed by atoms with Crippen LogP contribution in [0.3, 0.4) is 0 Å². The number of hydrazine groups is 1. The minimum Gasteiger partial charge on any atom is -0.370 e. The number of hydrogen-bond donors (Lipinski definition) is 10. The second-order valence-electron chi connectivity index (χ2n) is 15.6. The molecule has 1 aliphatic rings. The molecular formula is C42H59N11O8S. The van der Waals surface area contributed by atoms with Gasteiger partial charge < -0.3 is 47.9 Å². The summed E-state index contributed by atoms with van der Waals surface area (Å²) in [6, 6.07) is 9.52. The fourth-order valence-corrected chi connectivity index (χ4v) is 7.73. The summed E-state index contributed by atoms with van der Waals surface area (Å²) >= 11 is 1.50. The molecule has 0 spiro atoms. The van der Waals surface area contributed by atoms with Crippen LogP contribution in [-0.4, -0.2) is 118 Å². The van der Waals surface area contributed by atoms with E-state index in [0.29, 0.717) is 23.3 Å². The monoisotopic (exact) mass is 877 g/mol. The Kier molecular flexibility index (Phi) is 18.7. The highest BCUT2D eigenvalue weighted by Gasteiger charge is 2.41. The van der Waals surface area contributed by atoms with Gasteiger partial charge in [-0.3, -0.25) is 43.8 Å². The highest BCUT2D eigenvalue weighted by Crippen LogP contribution is 2.22. The predicted molar refractivity (Wildman–Crippen MR) is 234 cm³/mol. The van der Waals surface area contributed by atoms with Crippen LogP contribution in [0.25, 0.3) is 10.9 Å². The molecule has 3 aromatic rings. The highest BCUT2D eigenvalue weighted by molar-refractivity contribution is 7.98. The summed E-state index contributed by atoms with van der Waals surface area (Å²) in [5, 5.41) is 14.3. The number of H-pyrrole nitrogens is 1. The molecule has 1 aliphatic heterocycles. The molecule has 0 bridgehead atoms. The van der Waals surface area contributed by atoms with Crippen molar-refractivity contribution in [3.8, 4) is 0 Å². The van der Waals surface area contributed by atoms with Gasteiger partial charge >= 0.3 is 0 Å². The molecule has 2 aromatic carbocycles. The van der Waals surface area contributed by atoms with E-state index in [1.54, 1.807) is 36.5 Å². The number of carbonyl (C=O) groups excluding carboxylic acids is 8. The lowest BCUT2D eigenvalue weighted by molar-refractivity contribution is -0.141. The number of fused-ring (bicyclic) bond motifs is 1. The summed E-state index contributed by atoms with van der Waals surface area (Å²) < 4.78 is 0. The van der Waals surface area contributed by atoms with E-state index < -0.39 is 90.1 Å². The van der Waals surface area contributed by atoms with Crippen molar-refractivity contribution in [3.05, 3.63) is 71.9 Å². The SMILES string of the molecule is CSCC[C@H](NC(=O)[C@@H](CC(C)C)N1CC[C@@H](NC(=O)[C@H](Cc2ccccc2)NC(=O)[C@@H](Cc2c[nH]c3ccccc23)NC(=O)[C@H](CCC(N)=O)NC(=O)CN)C1=O)C(=O)NN. The fourth-order valence-electron chi connectivity index (χ4n) is 7.26. The van der Waals surface area contributed by atoms with Crippen molar-refractivity contribution in [1.82, 2.24) is 41.9 Å². The number of likely N-dealkylation sites (tertiary alicyclic amines) is 1. The Hall–Kier alpha value is -5.99. The first kappa shape index (κ1) is 48.7. The minimum absolute atomic E-state index is 0.00358. The quantitative estimate of drug-likeness (QED) is 0.0296.